The summed E-state index contributed by atoms with van der Waals surface area (Å²) in [4.78, 5) is 0. The molecule has 0 bridgehead atoms. The van der Waals surface area contributed by atoms with Crippen LogP contribution in [0.3, 0.4) is 0 Å². The summed E-state index contributed by atoms with van der Waals surface area (Å²) >= 11 is 2.78. The molecular weight excluding hydrogens is 509 g/mol. The summed E-state index contributed by atoms with van der Waals surface area (Å²) in [7, 11) is -11.0. The fourth-order valence-electron chi connectivity index (χ4n) is 1.94. The van der Waals surface area contributed by atoms with E-state index in [4.69, 9.17) is 0 Å². The van der Waals surface area contributed by atoms with Crippen LogP contribution < -0.4 is 13.8 Å². The van der Waals surface area contributed by atoms with E-state index in [1.165, 1.54) is 7.85 Å². The predicted molar refractivity (Wildman–Crippen MR) is 91.0 cm³/mol. The van der Waals surface area contributed by atoms with Gasteiger partial charge in [-0.1, -0.05) is 12.1 Å². The van der Waals surface area contributed by atoms with Crippen molar-refractivity contribution in [3.63, 3.8) is 0 Å². The van der Waals surface area contributed by atoms with E-state index in [-0.39, 0.29) is 9.94 Å². The Morgan fingerprint density at radius 1 is 0.750 bits per heavy atom. The average Bonchev–Trinajstić information content (AvgIpc) is 2.50. The van der Waals surface area contributed by atoms with Gasteiger partial charge in [0.05, 0.1) is 4.47 Å². The molecule has 16 heteroatoms. The Kier molecular flexibility index (Phi) is 5.64. The van der Waals surface area contributed by atoms with E-state index < -0.39 is 53.5 Å². The molecule has 0 amide bonds. The molecule has 0 fully saturated rings. The maximum atomic E-state index is 12.6. The highest BCUT2D eigenvalue weighted by molar-refractivity contribution is 9.10. The van der Waals surface area contributed by atoms with Gasteiger partial charge in [0.15, 0.2) is 5.75 Å². The lowest BCUT2D eigenvalue weighted by Crippen LogP contribution is -2.30. The first-order chi connectivity index (χ1) is 12.5. The number of hydrogen-bond acceptors (Lipinski definition) is 6. The summed E-state index contributed by atoms with van der Waals surface area (Å²) < 4.78 is 129. The highest BCUT2D eigenvalue weighted by Crippen LogP contribution is 2.40. The number of fused-ring (bicyclic) bond motifs is 1. The highest BCUT2D eigenvalue weighted by atomic mass is 79.9. The second-order valence-corrected chi connectivity index (χ2v) is 9.08. The second kappa shape index (κ2) is 6.98. The molecule has 0 atom stereocenters. The molecule has 0 unspecified atom stereocenters. The molecule has 28 heavy (non-hydrogen) atoms. The lowest BCUT2D eigenvalue weighted by Gasteiger charge is -2.17. The summed E-state index contributed by atoms with van der Waals surface area (Å²) in [5, 5.41) is -0.872. The van der Waals surface area contributed by atoms with E-state index in [9.17, 15) is 43.2 Å². The number of hydrogen-bond donors (Lipinski definition) is 0. The summed E-state index contributed by atoms with van der Waals surface area (Å²) in [6.45, 7) is 0. The van der Waals surface area contributed by atoms with Crippen LogP contribution in [0.1, 0.15) is 0 Å². The largest absolute Gasteiger partial charge is 0.534 e. The molecule has 0 aliphatic rings. The highest BCUT2D eigenvalue weighted by Gasteiger charge is 2.50. The van der Waals surface area contributed by atoms with Crippen molar-refractivity contribution in [3.8, 4) is 11.5 Å². The maximum absolute atomic E-state index is 12.6. The Hall–Kier alpha value is -1.68. The van der Waals surface area contributed by atoms with Crippen molar-refractivity contribution in [2.24, 2.45) is 0 Å². The number of halogens is 7. The van der Waals surface area contributed by atoms with E-state index in [1.807, 2.05) is 0 Å². The molecule has 2 aromatic carbocycles. The van der Waals surface area contributed by atoms with Crippen molar-refractivity contribution in [1.82, 2.24) is 0 Å². The molecule has 2 rings (SSSR count). The first kappa shape index (κ1) is 22.6. The molecule has 0 radical (unpaired) electrons. The zero-order valence-electron chi connectivity index (χ0n) is 13.2. The monoisotopic (exact) mass is 514 g/mol. The zero-order valence-corrected chi connectivity index (χ0v) is 16.4. The molecule has 0 aliphatic carbocycles. The molecule has 154 valence electrons. The smallest absolute Gasteiger partial charge is 0.376 e. The summed E-state index contributed by atoms with van der Waals surface area (Å²) in [5.74, 6) is -1.76. The second-order valence-electron chi connectivity index (χ2n) is 5.15. The van der Waals surface area contributed by atoms with Gasteiger partial charge in [0.25, 0.3) is 0 Å². The van der Waals surface area contributed by atoms with Gasteiger partial charge in [0, 0.05) is 10.8 Å². The molecule has 0 spiro atoms. The third kappa shape index (κ3) is 4.17. The fraction of sp³-hybridized carbons (Fsp3) is 0.167. The van der Waals surface area contributed by atoms with Crippen LogP contribution >= 0.6 is 15.9 Å². The molecule has 0 N–H and O–H groups in total. The average molecular weight is 515 g/mol. The van der Waals surface area contributed by atoms with Gasteiger partial charge in [-0.15, -0.1) is 0 Å². The zero-order chi connectivity index (χ0) is 21.7. The van der Waals surface area contributed by atoms with Crippen molar-refractivity contribution in [2.45, 2.75) is 11.0 Å². The van der Waals surface area contributed by atoms with Crippen molar-refractivity contribution in [1.29, 1.82) is 0 Å². The molecule has 2 aromatic rings. The number of benzene rings is 2. The Morgan fingerprint density at radius 3 is 1.61 bits per heavy atom. The van der Waals surface area contributed by atoms with Crippen LogP contribution in [0.25, 0.3) is 10.8 Å². The summed E-state index contributed by atoms with van der Waals surface area (Å²) in [5.41, 5.74) is -11.7. The van der Waals surface area contributed by atoms with Crippen molar-refractivity contribution in [3.05, 3.63) is 28.7 Å². The molecule has 0 saturated heterocycles. The molecule has 0 heterocycles. The van der Waals surface area contributed by atoms with Crippen LogP contribution in [0.15, 0.2) is 28.7 Å². The van der Waals surface area contributed by atoms with E-state index in [1.54, 1.807) is 0 Å². The third-order valence-electron chi connectivity index (χ3n) is 3.20. The minimum Gasteiger partial charge on any atom is -0.376 e. The fourth-order valence-corrected chi connectivity index (χ4v) is 3.50. The van der Waals surface area contributed by atoms with Crippen LogP contribution in [0.4, 0.5) is 26.3 Å². The predicted octanol–water partition coefficient (Wildman–Crippen LogP) is 2.32. The van der Waals surface area contributed by atoms with Gasteiger partial charge < -0.3 is 8.37 Å². The van der Waals surface area contributed by atoms with E-state index in [0.29, 0.717) is 0 Å². The topological polar surface area (TPSA) is 86.7 Å². The van der Waals surface area contributed by atoms with E-state index in [0.717, 1.165) is 24.3 Å². The summed E-state index contributed by atoms with van der Waals surface area (Å²) in [6.07, 6.45) is 0. The molecule has 0 saturated carbocycles. The number of alkyl halides is 6. The lowest BCUT2D eigenvalue weighted by atomic mass is 9.92. The van der Waals surface area contributed by atoms with E-state index in [2.05, 4.69) is 24.3 Å². The summed E-state index contributed by atoms with van der Waals surface area (Å²) in [6, 6.07) is 4.02. The van der Waals surface area contributed by atoms with Crippen LogP contribution in [-0.2, 0) is 20.2 Å². The van der Waals surface area contributed by atoms with Gasteiger partial charge in [0.1, 0.15) is 13.6 Å². The first-order valence-electron chi connectivity index (χ1n) is 6.71. The van der Waals surface area contributed by atoms with Crippen LogP contribution in [0.5, 0.6) is 11.5 Å². The van der Waals surface area contributed by atoms with E-state index >= 15 is 0 Å². The normalized spacial score (nSPS) is 13.5. The lowest BCUT2D eigenvalue weighted by molar-refractivity contribution is -0.0504. The standard InChI is InChI=1S/C12H6BBrF6O6S2/c13-7-3-1-6-5(9(7)25-27(21,22)11(15,16)17)2-4-8(14)10(6)26-28(23,24)12(18,19)20/h1-4H,13H2. The quantitative estimate of drug-likeness (QED) is 0.269. The SMILES string of the molecule is Bc1ccc2c(OS(=O)(=O)C(F)(F)F)c(Br)ccc2c1OS(=O)(=O)C(F)(F)F. The van der Waals surface area contributed by atoms with Gasteiger partial charge in [-0.3, -0.25) is 0 Å². The van der Waals surface area contributed by atoms with Crippen LogP contribution in [0, 0.1) is 0 Å². The van der Waals surface area contributed by atoms with Gasteiger partial charge in [-0.05, 0) is 33.5 Å². The third-order valence-corrected chi connectivity index (χ3v) is 5.73. The minimum atomic E-state index is -6.12. The minimum absolute atomic E-state index is 0.118. The Balaban J connectivity index is 2.74. The van der Waals surface area contributed by atoms with Crippen molar-refractivity contribution in [2.75, 3.05) is 0 Å². The molecule has 0 aromatic heterocycles. The van der Waals surface area contributed by atoms with Crippen LogP contribution in [-0.4, -0.2) is 35.7 Å². The maximum Gasteiger partial charge on any atom is 0.534 e. The first-order valence-corrected chi connectivity index (χ1v) is 10.3. The Bertz CT molecular complexity index is 1050. The van der Waals surface area contributed by atoms with Crippen LogP contribution in [0.2, 0.25) is 0 Å². The van der Waals surface area contributed by atoms with Gasteiger partial charge in [-0.25, -0.2) is 0 Å². The van der Waals surface area contributed by atoms with Gasteiger partial charge >= 0.3 is 31.3 Å². The van der Waals surface area contributed by atoms with Crippen molar-refractivity contribution >= 4 is 60.2 Å². The Morgan fingerprint density at radius 2 is 1.14 bits per heavy atom. The molecule has 0 aliphatic heterocycles. The van der Waals surface area contributed by atoms with Gasteiger partial charge in [-0.2, -0.15) is 43.2 Å². The Labute approximate surface area is 163 Å². The van der Waals surface area contributed by atoms with Crippen molar-refractivity contribution < 1.29 is 51.5 Å². The molecular formula is C12H6BBrF6O6S2. The molecule has 6 nitrogen and oxygen atoms in total. The van der Waals surface area contributed by atoms with Gasteiger partial charge in [0.2, 0.25) is 0 Å². The number of rotatable bonds is 4.